The Bertz CT molecular complexity index is 1020. The molecule has 3 aromatic rings. The monoisotopic (exact) mass is 366 g/mol. The zero-order valence-electron chi connectivity index (χ0n) is 14.9. The van der Waals surface area contributed by atoms with Gasteiger partial charge in [-0.2, -0.15) is 0 Å². The SMILES string of the molecule is COC(=O)c1ccc2[nH]c3c(c2c1)CN(C(=O)Cc1ccc(F)cc1)CC3. The number of halogens is 1. The van der Waals surface area contributed by atoms with Crippen molar-refractivity contribution in [2.45, 2.75) is 19.4 Å². The predicted octanol–water partition coefficient (Wildman–Crippen LogP) is 3.22. The fraction of sp³-hybridized carbons (Fsp3) is 0.238. The summed E-state index contributed by atoms with van der Waals surface area (Å²) in [4.78, 5) is 29.7. The van der Waals surface area contributed by atoms with Gasteiger partial charge in [0.25, 0.3) is 0 Å². The first kappa shape index (κ1) is 17.3. The maximum absolute atomic E-state index is 13.0. The molecule has 0 saturated carbocycles. The van der Waals surface area contributed by atoms with Crippen molar-refractivity contribution in [1.29, 1.82) is 0 Å². The van der Waals surface area contributed by atoms with E-state index in [2.05, 4.69) is 4.98 Å². The van der Waals surface area contributed by atoms with Gasteiger partial charge in [0.2, 0.25) is 5.91 Å². The zero-order chi connectivity index (χ0) is 19.0. The van der Waals surface area contributed by atoms with Crippen molar-refractivity contribution in [3.63, 3.8) is 0 Å². The summed E-state index contributed by atoms with van der Waals surface area (Å²) in [5.74, 6) is -0.688. The highest BCUT2D eigenvalue weighted by atomic mass is 19.1. The second-order valence-electron chi connectivity index (χ2n) is 6.70. The molecule has 0 unspecified atom stereocenters. The minimum atomic E-state index is -0.382. The smallest absolute Gasteiger partial charge is 0.337 e. The van der Waals surface area contributed by atoms with E-state index in [4.69, 9.17) is 4.74 Å². The molecule has 0 aliphatic carbocycles. The van der Waals surface area contributed by atoms with Crippen LogP contribution in [0.1, 0.15) is 27.2 Å². The van der Waals surface area contributed by atoms with Gasteiger partial charge in [-0.15, -0.1) is 0 Å². The standard InChI is InChI=1S/C21H19FN2O3/c1-27-21(26)14-4-7-18-16(11-14)17-12-24(9-8-19(17)23-18)20(25)10-13-2-5-15(22)6-3-13/h2-7,11,23H,8-10,12H2,1H3. The number of hydrogen-bond acceptors (Lipinski definition) is 3. The van der Waals surface area contributed by atoms with Crippen molar-refractivity contribution in [2.75, 3.05) is 13.7 Å². The number of fused-ring (bicyclic) bond motifs is 3. The number of esters is 1. The van der Waals surface area contributed by atoms with E-state index in [1.54, 1.807) is 18.2 Å². The number of rotatable bonds is 3. The van der Waals surface area contributed by atoms with Crippen LogP contribution in [0.4, 0.5) is 4.39 Å². The maximum Gasteiger partial charge on any atom is 0.337 e. The molecule has 2 heterocycles. The van der Waals surface area contributed by atoms with Crippen LogP contribution in [-0.4, -0.2) is 35.4 Å². The van der Waals surface area contributed by atoms with Crippen LogP contribution in [0, 0.1) is 5.82 Å². The number of methoxy groups -OCH3 is 1. The average molecular weight is 366 g/mol. The number of ether oxygens (including phenoxy) is 1. The molecular weight excluding hydrogens is 347 g/mol. The maximum atomic E-state index is 13.0. The molecule has 0 radical (unpaired) electrons. The van der Waals surface area contributed by atoms with Crippen LogP contribution in [0.25, 0.3) is 10.9 Å². The van der Waals surface area contributed by atoms with Gasteiger partial charge < -0.3 is 14.6 Å². The van der Waals surface area contributed by atoms with Crippen molar-refractivity contribution < 1.29 is 18.7 Å². The molecule has 4 rings (SSSR count). The number of carbonyl (C=O) groups is 2. The first-order chi connectivity index (χ1) is 13.0. The van der Waals surface area contributed by atoms with Gasteiger partial charge in [-0.1, -0.05) is 12.1 Å². The lowest BCUT2D eigenvalue weighted by Gasteiger charge is -2.27. The van der Waals surface area contributed by atoms with E-state index >= 15 is 0 Å². The van der Waals surface area contributed by atoms with Crippen LogP contribution >= 0.6 is 0 Å². The van der Waals surface area contributed by atoms with Gasteiger partial charge in [-0.05, 0) is 35.9 Å². The summed E-state index contributed by atoms with van der Waals surface area (Å²) in [7, 11) is 1.36. The lowest BCUT2D eigenvalue weighted by molar-refractivity contribution is -0.131. The molecule has 1 aromatic heterocycles. The number of carbonyl (C=O) groups excluding carboxylic acids is 2. The van der Waals surface area contributed by atoms with Gasteiger partial charge >= 0.3 is 5.97 Å². The Morgan fingerprint density at radius 3 is 2.70 bits per heavy atom. The van der Waals surface area contributed by atoms with Gasteiger partial charge in [0.1, 0.15) is 5.82 Å². The van der Waals surface area contributed by atoms with E-state index in [1.165, 1.54) is 19.2 Å². The summed E-state index contributed by atoms with van der Waals surface area (Å²) in [6.07, 6.45) is 0.970. The molecule has 1 amide bonds. The summed E-state index contributed by atoms with van der Waals surface area (Å²) < 4.78 is 17.8. The van der Waals surface area contributed by atoms with Gasteiger partial charge in [-0.25, -0.2) is 9.18 Å². The predicted molar refractivity (Wildman–Crippen MR) is 98.9 cm³/mol. The van der Waals surface area contributed by atoms with E-state index in [0.717, 1.165) is 34.1 Å². The topological polar surface area (TPSA) is 62.4 Å². The molecule has 5 nitrogen and oxygen atoms in total. The molecule has 2 aromatic carbocycles. The van der Waals surface area contributed by atoms with Crippen LogP contribution in [0.3, 0.4) is 0 Å². The Morgan fingerprint density at radius 1 is 1.19 bits per heavy atom. The van der Waals surface area contributed by atoms with Gasteiger partial charge in [0, 0.05) is 41.7 Å². The number of aromatic amines is 1. The van der Waals surface area contributed by atoms with Crippen LogP contribution < -0.4 is 0 Å². The summed E-state index contributed by atoms with van der Waals surface area (Å²) in [5, 5.41) is 0.937. The molecule has 0 fully saturated rings. The van der Waals surface area contributed by atoms with Crippen molar-refractivity contribution in [3.8, 4) is 0 Å². The zero-order valence-corrected chi connectivity index (χ0v) is 14.9. The minimum Gasteiger partial charge on any atom is -0.465 e. The second kappa shape index (κ2) is 6.87. The molecule has 1 aliphatic heterocycles. The third-order valence-corrected chi connectivity index (χ3v) is 5.02. The third kappa shape index (κ3) is 3.30. The molecule has 0 atom stereocenters. The van der Waals surface area contributed by atoms with Crippen molar-refractivity contribution in [2.24, 2.45) is 0 Å². The van der Waals surface area contributed by atoms with Crippen LogP contribution in [0.15, 0.2) is 42.5 Å². The minimum absolute atomic E-state index is 0.00531. The molecule has 138 valence electrons. The first-order valence-corrected chi connectivity index (χ1v) is 8.79. The first-order valence-electron chi connectivity index (χ1n) is 8.79. The largest absolute Gasteiger partial charge is 0.465 e. The highest BCUT2D eigenvalue weighted by molar-refractivity contribution is 5.96. The molecule has 1 N–H and O–H groups in total. The number of hydrogen-bond donors (Lipinski definition) is 1. The quantitative estimate of drug-likeness (QED) is 0.724. The molecule has 0 bridgehead atoms. The number of nitrogens with zero attached hydrogens (tertiary/aromatic N) is 1. The lowest BCUT2D eigenvalue weighted by Crippen LogP contribution is -2.36. The Labute approximate surface area is 155 Å². The van der Waals surface area contributed by atoms with E-state index in [0.29, 0.717) is 18.7 Å². The Balaban J connectivity index is 1.58. The summed E-state index contributed by atoms with van der Waals surface area (Å²) in [5.41, 5.74) is 4.36. The highest BCUT2D eigenvalue weighted by Crippen LogP contribution is 2.29. The molecule has 1 aliphatic rings. The fourth-order valence-electron chi connectivity index (χ4n) is 3.56. The van der Waals surface area contributed by atoms with Crippen LogP contribution in [-0.2, 0) is 28.9 Å². The van der Waals surface area contributed by atoms with Crippen LogP contribution in [0.2, 0.25) is 0 Å². The fourth-order valence-corrected chi connectivity index (χ4v) is 3.56. The van der Waals surface area contributed by atoms with Gasteiger partial charge in [0.05, 0.1) is 19.1 Å². The van der Waals surface area contributed by atoms with E-state index < -0.39 is 0 Å². The van der Waals surface area contributed by atoms with E-state index in [-0.39, 0.29) is 24.1 Å². The number of nitrogens with one attached hydrogen (secondary N) is 1. The van der Waals surface area contributed by atoms with E-state index in [1.807, 2.05) is 17.0 Å². The molecular formula is C21H19FN2O3. The van der Waals surface area contributed by atoms with Gasteiger partial charge in [0.15, 0.2) is 0 Å². The van der Waals surface area contributed by atoms with Crippen molar-refractivity contribution in [3.05, 3.63) is 70.7 Å². The third-order valence-electron chi connectivity index (χ3n) is 5.02. The van der Waals surface area contributed by atoms with Crippen LogP contribution in [0.5, 0.6) is 0 Å². The molecule has 0 saturated heterocycles. The summed E-state index contributed by atoms with van der Waals surface area (Å²) in [6.45, 7) is 1.11. The van der Waals surface area contributed by atoms with E-state index in [9.17, 15) is 14.0 Å². The Hall–Kier alpha value is -3.15. The molecule has 6 heteroatoms. The Morgan fingerprint density at radius 2 is 1.96 bits per heavy atom. The lowest BCUT2D eigenvalue weighted by atomic mass is 10.0. The number of aromatic nitrogens is 1. The number of benzene rings is 2. The molecule has 0 spiro atoms. The average Bonchev–Trinajstić information content (AvgIpc) is 3.06. The second-order valence-corrected chi connectivity index (χ2v) is 6.70. The molecule has 27 heavy (non-hydrogen) atoms. The highest BCUT2D eigenvalue weighted by Gasteiger charge is 2.24. The van der Waals surface area contributed by atoms with Crippen molar-refractivity contribution in [1.82, 2.24) is 9.88 Å². The number of amides is 1. The van der Waals surface area contributed by atoms with Crippen molar-refractivity contribution >= 4 is 22.8 Å². The summed E-state index contributed by atoms with van der Waals surface area (Å²) in [6, 6.07) is 11.4. The van der Waals surface area contributed by atoms with Gasteiger partial charge in [-0.3, -0.25) is 4.79 Å². The normalized spacial score (nSPS) is 13.5. The summed E-state index contributed by atoms with van der Waals surface area (Å²) >= 11 is 0. The number of H-pyrrole nitrogens is 1. The Kier molecular flexibility index (Phi) is 4.39.